The monoisotopic (exact) mass is 258 g/mol. The van der Waals surface area contributed by atoms with E-state index >= 15 is 0 Å². The Kier molecular flexibility index (Phi) is 2.82. The summed E-state index contributed by atoms with van der Waals surface area (Å²) in [4.78, 5) is 14.6. The van der Waals surface area contributed by atoms with E-state index in [1.54, 1.807) is 0 Å². The number of rotatable bonds is 3. The number of hydrogen-bond acceptors (Lipinski definition) is 5. The molecule has 0 aromatic carbocycles. The van der Waals surface area contributed by atoms with Gasteiger partial charge in [-0.15, -0.1) is 0 Å². The molecule has 2 aliphatic carbocycles. The average Bonchev–Trinajstić information content (AvgIpc) is 3.01. The van der Waals surface area contributed by atoms with Gasteiger partial charge in [0, 0.05) is 18.3 Å². The summed E-state index contributed by atoms with van der Waals surface area (Å²) in [6.45, 7) is 0. The van der Waals surface area contributed by atoms with Crippen molar-refractivity contribution in [2.75, 3.05) is 5.32 Å². The van der Waals surface area contributed by atoms with Gasteiger partial charge in [0.25, 0.3) is 0 Å². The van der Waals surface area contributed by atoms with Crippen LogP contribution >= 0.6 is 0 Å². The number of hydrogen-bond donors (Lipinski definition) is 1. The number of nitrogens with zero attached hydrogens (tertiary/aromatic N) is 3. The van der Waals surface area contributed by atoms with Gasteiger partial charge in [-0.25, -0.2) is 4.98 Å². The largest absolute Gasteiger partial charge is 0.361 e. The number of nitrogens with one attached hydrogen (secondary N) is 1. The van der Waals surface area contributed by atoms with Gasteiger partial charge in [0.05, 0.1) is 10.5 Å². The van der Waals surface area contributed by atoms with E-state index in [4.69, 9.17) is 5.26 Å². The number of aromatic nitrogens is 1. The molecule has 19 heavy (non-hydrogen) atoms. The van der Waals surface area contributed by atoms with Crippen molar-refractivity contribution in [2.45, 2.75) is 31.7 Å². The maximum absolute atomic E-state index is 11.0. The Morgan fingerprint density at radius 3 is 2.89 bits per heavy atom. The topological polar surface area (TPSA) is 91.8 Å². The molecule has 0 amide bonds. The van der Waals surface area contributed by atoms with Gasteiger partial charge in [-0.1, -0.05) is 6.42 Å². The molecule has 98 valence electrons. The van der Waals surface area contributed by atoms with Crippen LogP contribution in [0.3, 0.4) is 0 Å². The van der Waals surface area contributed by atoms with Gasteiger partial charge in [0.2, 0.25) is 5.82 Å². The van der Waals surface area contributed by atoms with Crippen LogP contribution in [-0.4, -0.2) is 15.9 Å². The second kappa shape index (κ2) is 4.50. The molecule has 0 radical (unpaired) electrons. The third-order valence-corrected chi connectivity index (χ3v) is 4.25. The second-order valence-electron chi connectivity index (χ2n) is 5.39. The molecular formula is C13H14N4O2. The molecule has 2 saturated carbocycles. The summed E-state index contributed by atoms with van der Waals surface area (Å²) in [6, 6.07) is 3.45. The van der Waals surface area contributed by atoms with Gasteiger partial charge in [-0.05, 0) is 31.1 Å². The molecule has 1 heterocycles. The maximum atomic E-state index is 11.0. The molecule has 0 aliphatic heterocycles. The molecular weight excluding hydrogens is 244 g/mol. The Morgan fingerprint density at radius 1 is 1.47 bits per heavy atom. The second-order valence-corrected chi connectivity index (χ2v) is 5.39. The fourth-order valence-electron chi connectivity index (χ4n) is 3.36. The van der Waals surface area contributed by atoms with Gasteiger partial charge in [0.15, 0.2) is 0 Å². The lowest BCUT2D eigenvalue weighted by Gasteiger charge is -2.23. The maximum Gasteiger partial charge on any atom is 0.312 e. The molecule has 1 aromatic rings. The van der Waals surface area contributed by atoms with Crippen molar-refractivity contribution in [3.8, 4) is 6.07 Å². The third kappa shape index (κ3) is 2.12. The van der Waals surface area contributed by atoms with Crippen LogP contribution in [0.4, 0.5) is 11.5 Å². The number of pyridine rings is 1. The first-order valence-corrected chi connectivity index (χ1v) is 6.48. The molecule has 3 rings (SSSR count). The van der Waals surface area contributed by atoms with Crippen LogP contribution in [0.1, 0.15) is 31.2 Å². The molecule has 2 fully saturated rings. The molecule has 3 unspecified atom stereocenters. The van der Waals surface area contributed by atoms with E-state index in [0.717, 1.165) is 12.3 Å². The summed E-state index contributed by atoms with van der Waals surface area (Å²) in [7, 11) is 0. The summed E-state index contributed by atoms with van der Waals surface area (Å²) < 4.78 is 0. The number of fused-ring (bicyclic) bond motifs is 2. The predicted molar refractivity (Wildman–Crippen MR) is 68.5 cm³/mol. The van der Waals surface area contributed by atoms with Crippen LogP contribution in [0.15, 0.2) is 12.3 Å². The van der Waals surface area contributed by atoms with E-state index in [2.05, 4.69) is 10.3 Å². The van der Waals surface area contributed by atoms with E-state index < -0.39 is 4.92 Å². The zero-order valence-electron chi connectivity index (χ0n) is 10.4. The summed E-state index contributed by atoms with van der Waals surface area (Å²) >= 11 is 0. The molecule has 2 bridgehead atoms. The third-order valence-electron chi connectivity index (χ3n) is 4.25. The Balaban J connectivity index is 1.84. The van der Waals surface area contributed by atoms with Gasteiger partial charge in [-0.2, -0.15) is 5.26 Å². The van der Waals surface area contributed by atoms with Crippen molar-refractivity contribution < 1.29 is 4.92 Å². The number of nitriles is 1. The summed E-state index contributed by atoms with van der Waals surface area (Å²) in [6.07, 6.45) is 6.16. The van der Waals surface area contributed by atoms with E-state index in [-0.39, 0.29) is 17.3 Å². The highest BCUT2D eigenvalue weighted by molar-refractivity contribution is 5.58. The minimum absolute atomic E-state index is 0.109. The fraction of sp³-hybridized carbons (Fsp3) is 0.538. The standard InChI is InChI=1S/C13H14N4O2/c14-6-9-5-12(17(18)19)13(15-7-9)16-11-4-8-1-2-10(11)3-8/h5,7-8,10-11H,1-4H2,(H,15,16). The zero-order chi connectivity index (χ0) is 13.4. The Bertz CT molecular complexity index is 566. The average molecular weight is 258 g/mol. The van der Waals surface area contributed by atoms with Crippen molar-refractivity contribution in [3.63, 3.8) is 0 Å². The van der Waals surface area contributed by atoms with Gasteiger partial charge >= 0.3 is 5.69 Å². The van der Waals surface area contributed by atoms with Crippen LogP contribution < -0.4 is 5.32 Å². The predicted octanol–water partition coefficient (Wildman–Crippen LogP) is 2.46. The van der Waals surface area contributed by atoms with Crippen molar-refractivity contribution in [1.29, 1.82) is 5.26 Å². The fourth-order valence-corrected chi connectivity index (χ4v) is 3.36. The van der Waals surface area contributed by atoms with Crippen LogP contribution in [0.2, 0.25) is 0 Å². The Labute approximate surface area is 110 Å². The van der Waals surface area contributed by atoms with Gasteiger partial charge < -0.3 is 5.32 Å². The highest BCUT2D eigenvalue weighted by Gasteiger charge is 2.40. The highest BCUT2D eigenvalue weighted by atomic mass is 16.6. The Morgan fingerprint density at radius 2 is 2.32 bits per heavy atom. The minimum atomic E-state index is -0.483. The Hall–Kier alpha value is -2.16. The van der Waals surface area contributed by atoms with Crippen LogP contribution in [-0.2, 0) is 0 Å². The molecule has 0 saturated heterocycles. The first kappa shape index (κ1) is 11.9. The van der Waals surface area contributed by atoms with Crippen molar-refractivity contribution in [2.24, 2.45) is 11.8 Å². The van der Waals surface area contributed by atoms with Crippen LogP contribution in [0.5, 0.6) is 0 Å². The molecule has 6 nitrogen and oxygen atoms in total. The van der Waals surface area contributed by atoms with Gasteiger partial charge in [-0.3, -0.25) is 10.1 Å². The molecule has 1 N–H and O–H groups in total. The molecule has 3 atom stereocenters. The normalized spacial score (nSPS) is 28.1. The lowest BCUT2D eigenvalue weighted by Crippen LogP contribution is -2.26. The highest BCUT2D eigenvalue weighted by Crippen LogP contribution is 2.45. The summed E-state index contributed by atoms with van der Waals surface area (Å²) in [5.41, 5.74) is 0.104. The van der Waals surface area contributed by atoms with Crippen LogP contribution in [0.25, 0.3) is 0 Å². The van der Waals surface area contributed by atoms with E-state index in [1.165, 1.54) is 31.5 Å². The van der Waals surface area contributed by atoms with Crippen LogP contribution in [0, 0.1) is 33.3 Å². The first-order valence-electron chi connectivity index (χ1n) is 6.48. The lowest BCUT2D eigenvalue weighted by atomic mass is 9.95. The smallest absolute Gasteiger partial charge is 0.312 e. The van der Waals surface area contributed by atoms with E-state index in [0.29, 0.717) is 11.7 Å². The molecule has 1 aromatic heterocycles. The number of nitro groups is 1. The van der Waals surface area contributed by atoms with Crippen molar-refractivity contribution >= 4 is 11.5 Å². The zero-order valence-corrected chi connectivity index (χ0v) is 10.4. The van der Waals surface area contributed by atoms with Crippen molar-refractivity contribution in [3.05, 3.63) is 27.9 Å². The SMILES string of the molecule is N#Cc1cnc(NC2CC3CCC2C3)c([N+](=O)[O-])c1. The van der Waals surface area contributed by atoms with E-state index in [1.807, 2.05) is 6.07 Å². The number of anilines is 1. The summed E-state index contributed by atoms with van der Waals surface area (Å²) in [5.74, 6) is 1.67. The molecule has 6 heteroatoms. The quantitative estimate of drug-likeness (QED) is 0.664. The van der Waals surface area contributed by atoms with Gasteiger partial charge in [0.1, 0.15) is 6.07 Å². The van der Waals surface area contributed by atoms with E-state index in [9.17, 15) is 10.1 Å². The summed E-state index contributed by atoms with van der Waals surface area (Å²) in [5, 5.41) is 23.0. The van der Waals surface area contributed by atoms with Crippen molar-refractivity contribution in [1.82, 2.24) is 4.98 Å². The molecule has 0 spiro atoms. The minimum Gasteiger partial charge on any atom is -0.361 e. The first-order chi connectivity index (χ1) is 9.17. The molecule has 2 aliphatic rings. The lowest BCUT2D eigenvalue weighted by molar-refractivity contribution is -0.384.